The molecule has 2 rings (SSSR count). The molecule has 4 nitrogen and oxygen atoms in total. The molecule has 0 saturated heterocycles. The van der Waals surface area contributed by atoms with Crippen molar-refractivity contribution in [3.8, 4) is 0 Å². The third-order valence-electron chi connectivity index (χ3n) is 2.86. The number of carbonyl (C=O) groups is 1. The summed E-state index contributed by atoms with van der Waals surface area (Å²) in [6.45, 7) is 5.41. The van der Waals surface area contributed by atoms with Gasteiger partial charge in [0.05, 0.1) is 0 Å². The molecule has 2 aromatic carbocycles. The monoisotopic (exact) mass is 299 g/mol. The van der Waals surface area contributed by atoms with Crippen molar-refractivity contribution in [1.29, 1.82) is 0 Å². The molecule has 116 valence electrons. The van der Waals surface area contributed by atoms with Crippen molar-refractivity contribution in [2.75, 3.05) is 0 Å². The Morgan fingerprint density at radius 3 is 1.77 bits per heavy atom. The number of nitrogens with one attached hydrogen (secondary N) is 1. The van der Waals surface area contributed by atoms with E-state index in [0.717, 1.165) is 11.1 Å². The molecule has 0 atom stereocenters. The number of hydrogen-bond acceptors (Lipinski definition) is 3. The van der Waals surface area contributed by atoms with Gasteiger partial charge < -0.3 is 4.74 Å². The number of carbonyl (C=O) groups excluding carboxylic acids is 1. The smallest absolute Gasteiger partial charge is 0.431 e. The van der Waals surface area contributed by atoms with Gasteiger partial charge in [-0.1, -0.05) is 60.7 Å². The van der Waals surface area contributed by atoms with Crippen LogP contribution < -0.4 is 5.48 Å². The Balaban J connectivity index is 2.11. The molecule has 22 heavy (non-hydrogen) atoms. The summed E-state index contributed by atoms with van der Waals surface area (Å²) in [4.78, 5) is 17.4. The van der Waals surface area contributed by atoms with Crippen molar-refractivity contribution in [1.82, 2.24) is 5.48 Å². The minimum atomic E-state index is -0.607. The highest BCUT2D eigenvalue weighted by molar-refractivity contribution is 5.66. The first kappa shape index (κ1) is 16.0. The molecule has 2 aromatic rings. The van der Waals surface area contributed by atoms with Gasteiger partial charge in [-0.3, -0.25) is 4.84 Å². The van der Waals surface area contributed by atoms with Gasteiger partial charge in [0.1, 0.15) is 11.7 Å². The average molecular weight is 299 g/mol. The van der Waals surface area contributed by atoms with E-state index in [4.69, 9.17) is 9.57 Å². The van der Waals surface area contributed by atoms with E-state index in [2.05, 4.69) is 5.48 Å². The van der Waals surface area contributed by atoms with E-state index in [1.165, 1.54) is 0 Å². The van der Waals surface area contributed by atoms with Gasteiger partial charge >= 0.3 is 6.09 Å². The SMILES string of the molecule is CC(C)(C)OC(=O)NOC(c1ccccc1)c1ccccc1. The molecule has 0 saturated carbocycles. The summed E-state index contributed by atoms with van der Waals surface area (Å²) >= 11 is 0. The van der Waals surface area contributed by atoms with Gasteiger partial charge in [-0.15, -0.1) is 0 Å². The van der Waals surface area contributed by atoms with E-state index in [0.29, 0.717) is 0 Å². The summed E-state index contributed by atoms with van der Waals surface area (Å²) in [5.74, 6) is 0. The molecule has 0 aliphatic rings. The fraction of sp³-hybridized carbons (Fsp3) is 0.278. The Bertz CT molecular complexity index is 551. The van der Waals surface area contributed by atoms with Gasteiger partial charge in [0.25, 0.3) is 0 Å². The van der Waals surface area contributed by atoms with Crippen LogP contribution in [0.5, 0.6) is 0 Å². The van der Waals surface area contributed by atoms with E-state index >= 15 is 0 Å². The Morgan fingerprint density at radius 2 is 1.36 bits per heavy atom. The quantitative estimate of drug-likeness (QED) is 0.859. The zero-order valence-electron chi connectivity index (χ0n) is 13.1. The topological polar surface area (TPSA) is 47.6 Å². The van der Waals surface area contributed by atoms with Crippen LogP contribution in [0.2, 0.25) is 0 Å². The fourth-order valence-electron chi connectivity index (χ4n) is 1.99. The molecule has 0 heterocycles. The predicted molar refractivity (Wildman–Crippen MR) is 85.2 cm³/mol. The highest BCUT2D eigenvalue weighted by Gasteiger charge is 2.20. The van der Waals surface area contributed by atoms with E-state index in [9.17, 15) is 4.79 Å². The second kappa shape index (κ2) is 7.09. The highest BCUT2D eigenvalue weighted by Crippen LogP contribution is 2.24. The van der Waals surface area contributed by atoms with Gasteiger partial charge in [-0.05, 0) is 31.9 Å². The minimum Gasteiger partial charge on any atom is -0.442 e. The molecule has 4 heteroatoms. The number of rotatable bonds is 4. The third-order valence-corrected chi connectivity index (χ3v) is 2.86. The lowest BCUT2D eigenvalue weighted by Gasteiger charge is -2.22. The fourth-order valence-corrected chi connectivity index (χ4v) is 1.99. The zero-order valence-corrected chi connectivity index (χ0v) is 13.1. The molecule has 0 aliphatic heterocycles. The van der Waals surface area contributed by atoms with Crippen molar-refractivity contribution >= 4 is 6.09 Å². The van der Waals surface area contributed by atoms with Gasteiger partial charge in [0.2, 0.25) is 0 Å². The first-order valence-electron chi connectivity index (χ1n) is 7.20. The molecular formula is C18H21NO3. The maximum Gasteiger partial charge on any atom is 0.431 e. The molecule has 1 amide bonds. The Hall–Kier alpha value is -2.33. The van der Waals surface area contributed by atoms with Crippen LogP contribution in [-0.4, -0.2) is 11.7 Å². The van der Waals surface area contributed by atoms with E-state index in [-0.39, 0.29) is 0 Å². The van der Waals surface area contributed by atoms with Gasteiger partial charge in [0.15, 0.2) is 0 Å². The van der Waals surface area contributed by atoms with E-state index in [1.54, 1.807) is 20.8 Å². The summed E-state index contributed by atoms with van der Waals surface area (Å²) in [7, 11) is 0. The summed E-state index contributed by atoms with van der Waals surface area (Å²) in [6, 6.07) is 19.4. The van der Waals surface area contributed by atoms with Crippen molar-refractivity contribution < 1.29 is 14.4 Å². The largest absolute Gasteiger partial charge is 0.442 e. The predicted octanol–water partition coefficient (Wildman–Crippen LogP) is 4.23. The lowest BCUT2D eigenvalue weighted by molar-refractivity contribution is -0.0303. The van der Waals surface area contributed by atoms with Crippen LogP contribution in [0.4, 0.5) is 4.79 Å². The maximum absolute atomic E-state index is 11.8. The van der Waals surface area contributed by atoms with Crippen LogP contribution in [0, 0.1) is 0 Å². The summed E-state index contributed by atoms with van der Waals surface area (Å²) < 4.78 is 5.18. The Labute approximate surface area is 131 Å². The van der Waals surface area contributed by atoms with Gasteiger partial charge in [-0.25, -0.2) is 4.79 Å². The summed E-state index contributed by atoms with van der Waals surface area (Å²) in [5.41, 5.74) is 3.71. The Kier molecular flexibility index (Phi) is 5.17. The van der Waals surface area contributed by atoms with Crippen molar-refractivity contribution in [2.24, 2.45) is 0 Å². The molecule has 0 bridgehead atoms. The second-order valence-electron chi connectivity index (χ2n) is 5.92. The summed E-state index contributed by atoms with van der Waals surface area (Å²) in [6.07, 6.45) is -1.00. The van der Waals surface area contributed by atoms with Crippen LogP contribution in [0.15, 0.2) is 60.7 Å². The van der Waals surface area contributed by atoms with Gasteiger partial charge in [-0.2, -0.15) is 5.48 Å². The van der Waals surface area contributed by atoms with Crippen LogP contribution in [0.3, 0.4) is 0 Å². The first-order chi connectivity index (χ1) is 10.5. The average Bonchev–Trinajstić information content (AvgIpc) is 2.48. The standard InChI is InChI=1S/C18H21NO3/c1-18(2,3)21-17(20)19-22-16(14-10-6-4-7-11-14)15-12-8-5-9-13-15/h4-13,16H,1-3H3,(H,19,20). The molecule has 0 aliphatic carbocycles. The third kappa shape index (κ3) is 4.90. The Morgan fingerprint density at radius 1 is 0.909 bits per heavy atom. The lowest BCUT2D eigenvalue weighted by Crippen LogP contribution is -2.33. The molecule has 0 unspecified atom stereocenters. The second-order valence-corrected chi connectivity index (χ2v) is 5.92. The number of ether oxygens (including phenoxy) is 1. The minimum absolute atomic E-state index is 0.394. The number of amides is 1. The van der Waals surface area contributed by atoms with Crippen LogP contribution >= 0.6 is 0 Å². The molecule has 0 fully saturated rings. The lowest BCUT2D eigenvalue weighted by atomic mass is 10.0. The zero-order chi connectivity index (χ0) is 16.0. The van der Waals surface area contributed by atoms with E-state index < -0.39 is 17.8 Å². The maximum atomic E-state index is 11.8. The number of benzene rings is 2. The molecular weight excluding hydrogens is 278 g/mol. The van der Waals surface area contributed by atoms with Gasteiger partial charge in [0, 0.05) is 0 Å². The van der Waals surface area contributed by atoms with E-state index in [1.807, 2.05) is 60.7 Å². The van der Waals surface area contributed by atoms with Crippen LogP contribution in [0.25, 0.3) is 0 Å². The molecule has 0 aromatic heterocycles. The van der Waals surface area contributed by atoms with Crippen molar-refractivity contribution in [3.63, 3.8) is 0 Å². The molecule has 0 radical (unpaired) electrons. The summed E-state index contributed by atoms with van der Waals surface area (Å²) in [5, 5.41) is 0. The van der Waals surface area contributed by atoms with Crippen molar-refractivity contribution in [3.05, 3.63) is 71.8 Å². The first-order valence-corrected chi connectivity index (χ1v) is 7.20. The normalized spacial score (nSPS) is 11.3. The van der Waals surface area contributed by atoms with Crippen LogP contribution in [0.1, 0.15) is 38.0 Å². The van der Waals surface area contributed by atoms with Crippen LogP contribution in [-0.2, 0) is 9.57 Å². The molecule has 0 spiro atoms. The van der Waals surface area contributed by atoms with Crippen molar-refractivity contribution in [2.45, 2.75) is 32.5 Å². The number of hydroxylamine groups is 1. The molecule has 1 N–H and O–H groups in total. The highest BCUT2D eigenvalue weighted by atomic mass is 16.7. The number of hydrogen-bond donors (Lipinski definition) is 1.